The SMILES string of the molecule is Fc1ccc(C2=CC=CC2=C(c2ccccc2)c2ccccc2)c(F)c1F. The molecular formula is C24H15F3. The first kappa shape index (κ1) is 17.1. The summed E-state index contributed by atoms with van der Waals surface area (Å²) >= 11 is 0. The van der Waals surface area contributed by atoms with E-state index in [2.05, 4.69) is 0 Å². The number of hydrogen-bond acceptors (Lipinski definition) is 0. The zero-order chi connectivity index (χ0) is 18.8. The summed E-state index contributed by atoms with van der Waals surface area (Å²) in [6.07, 6.45) is 5.37. The largest absolute Gasteiger partial charge is 0.204 e. The van der Waals surface area contributed by atoms with Gasteiger partial charge in [-0.15, -0.1) is 0 Å². The van der Waals surface area contributed by atoms with Crippen LogP contribution in [-0.4, -0.2) is 0 Å². The molecule has 0 saturated carbocycles. The molecule has 0 spiro atoms. The average molecular weight is 360 g/mol. The summed E-state index contributed by atoms with van der Waals surface area (Å²) in [6.45, 7) is 0. The Labute approximate surface area is 155 Å². The summed E-state index contributed by atoms with van der Waals surface area (Å²) in [4.78, 5) is 0. The highest BCUT2D eigenvalue weighted by Gasteiger charge is 2.22. The zero-order valence-corrected chi connectivity index (χ0v) is 14.3. The average Bonchev–Trinajstić information content (AvgIpc) is 3.17. The van der Waals surface area contributed by atoms with E-state index in [9.17, 15) is 13.2 Å². The van der Waals surface area contributed by atoms with Gasteiger partial charge in [-0.05, 0) is 40.0 Å². The number of hydrogen-bond donors (Lipinski definition) is 0. The number of allylic oxidation sites excluding steroid dienone is 5. The lowest BCUT2D eigenvalue weighted by Gasteiger charge is -2.16. The molecule has 1 aliphatic carbocycles. The van der Waals surface area contributed by atoms with Crippen molar-refractivity contribution in [2.24, 2.45) is 0 Å². The summed E-state index contributed by atoms with van der Waals surface area (Å²) in [7, 11) is 0. The molecule has 0 nitrogen and oxygen atoms in total. The maximum atomic E-state index is 14.4. The van der Waals surface area contributed by atoms with E-state index in [1.165, 1.54) is 6.07 Å². The monoisotopic (exact) mass is 360 g/mol. The number of benzene rings is 3. The van der Waals surface area contributed by atoms with E-state index in [4.69, 9.17) is 0 Å². The van der Waals surface area contributed by atoms with Crippen molar-refractivity contribution >= 4 is 11.1 Å². The summed E-state index contributed by atoms with van der Waals surface area (Å²) < 4.78 is 41.6. The van der Waals surface area contributed by atoms with Crippen LogP contribution in [-0.2, 0) is 0 Å². The molecule has 0 bridgehead atoms. The fraction of sp³-hybridized carbons (Fsp3) is 0. The van der Waals surface area contributed by atoms with Gasteiger partial charge in [0.05, 0.1) is 0 Å². The van der Waals surface area contributed by atoms with Gasteiger partial charge in [-0.1, -0.05) is 78.9 Å². The molecule has 0 unspecified atom stereocenters. The van der Waals surface area contributed by atoms with Crippen molar-refractivity contribution < 1.29 is 13.2 Å². The highest BCUT2D eigenvalue weighted by molar-refractivity contribution is 5.99. The highest BCUT2D eigenvalue weighted by Crippen LogP contribution is 2.39. The van der Waals surface area contributed by atoms with E-state index in [0.717, 1.165) is 28.3 Å². The van der Waals surface area contributed by atoms with Crippen LogP contribution in [0.5, 0.6) is 0 Å². The Morgan fingerprint density at radius 2 is 1.22 bits per heavy atom. The minimum Gasteiger partial charge on any atom is -0.204 e. The predicted molar refractivity (Wildman–Crippen MR) is 102 cm³/mol. The normalized spacial score (nSPS) is 13.0. The van der Waals surface area contributed by atoms with E-state index in [1.54, 1.807) is 12.2 Å². The van der Waals surface area contributed by atoms with Crippen LogP contribution in [0.25, 0.3) is 11.1 Å². The topological polar surface area (TPSA) is 0 Å². The Hall–Kier alpha value is -3.33. The molecule has 0 N–H and O–H groups in total. The second-order valence-electron chi connectivity index (χ2n) is 6.18. The third-order valence-corrected chi connectivity index (χ3v) is 4.54. The standard InChI is InChI=1S/C24H15F3/c25-21-15-14-20(23(26)24(21)27)18-12-7-13-19(18)22(16-8-3-1-4-9-16)17-10-5-2-6-11-17/h1-15H. The van der Waals surface area contributed by atoms with Gasteiger partial charge < -0.3 is 0 Å². The third-order valence-electron chi connectivity index (χ3n) is 4.54. The van der Waals surface area contributed by atoms with Crippen LogP contribution >= 0.6 is 0 Å². The van der Waals surface area contributed by atoms with Gasteiger partial charge in [0, 0.05) is 5.56 Å². The molecule has 3 aromatic rings. The molecule has 132 valence electrons. The van der Waals surface area contributed by atoms with Gasteiger partial charge in [-0.2, -0.15) is 0 Å². The van der Waals surface area contributed by atoms with Crippen LogP contribution < -0.4 is 0 Å². The molecule has 1 aliphatic rings. The molecule has 3 heteroatoms. The minimum atomic E-state index is -1.46. The van der Waals surface area contributed by atoms with Crippen LogP contribution in [0.1, 0.15) is 16.7 Å². The van der Waals surface area contributed by atoms with E-state index in [1.807, 2.05) is 66.7 Å². The smallest absolute Gasteiger partial charge is 0.195 e. The second kappa shape index (κ2) is 7.12. The highest BCUT2D eigenvalue weighted by atomic mass is 19.2. The van der Waals surface area contributed by atoms with Crippen molar-refractivity contribution in [2.75, 3.05) is 0 Å². The van der Waals surface area contributed by atoms with Crippen molar-refractivity contribution in [1.82, 2.24) is 0 Å². The fourth-order valence-electron chi connectivity index (χ4n) is 3.29. The molecule has 3 aromatic carbocycles. The van der Waals surface area contributed by atoms with E-state index >= 15 is 0 Å². The van der Waals surface area contributed by atoms with Gasteiger partial charge in [-0.3, -0.25) is 0 Å². The van der Waals surface area contributed by atoms with Crippen molar-refractivity contribution in [3.8, 4) is 0 Å². The Morgan fingerprint density at radius 1 is 0.630 bits per heavy atom. The number of halogens is 3. The van der Waals surface area contributed by atoms with Crippen LogP contribution in [0.3, 0.4) is 0 Å². The van der Waals surface area contributed by atoms with Crippen molar-refractivity contribution in [1.29, 1.82) is 0 Å². The van der Waals surface area contributed by atoms with E-state index < -0.39 is 17.5 Å². The number of rotatable bonds is 3. The molecule has 0 heterocycles. The summed E-state index contributed by atoms with van der Waals surface area (Å²) in [6, 6.07) is 21.7. The van der Waals surface area contributed by atoms with Gasteiger partial charge in [0.1, 0.15) is 0 Å². The summed E-state index contributed by atoms with van der Waals surface area (Å²) in [5, 5.41) is 0. The van der Waals surface area contributed by atoms with Crippen molar-refractivity contribution in [2.45, 2.75) is 0 Å². The molecule has 27 heavy (non-hydrogen) atoms. The molecule has 0 amide bonds. The lowest BCUT2D eigenvalue weighted by Crippen LogP contribution is -2.00. The summed E-state index contributed by atoms with van der Waals surface area (Å²) in [5.41, 5.74) is 4.14. The molecule has 0 fully saturated rings. The fourth-order valence-corrected chi connectivity index (χ4v) is 3.29. The third kappa shape index (κ3) is 3.13. The van der Waals surface area contributed by atoms with E-state index in [-0.39, 0.29) is 5.56 Å². The summed E-state index contributed by atoms with van der Waals surface area (Å²) in [5.74, 6) is -3.83. The van der Waals surface area contributed by atoms with Crippen LogP contribution in [0.4, 0.5) is 13.2 Å². The van der Waals surface area contributed by atoms with Crippen LogP contribution in [0, 0.1) is 17.5 Å². The maximum absolute atomic E-state index is 14.4. The zero-order valence-electron chi connectivity index (χ0n) is 14.3. The first-order valence-corrected chi connectivity index (χ1v) is 8.54. The molecule has 0 radical (unpaired) electrons. The van der Waals surface area contributed by atoms with E-state index in [0.29, 0.717) is 5.57 Å². The van der Waals surface area contributed by atoms with Crippen molar-refractivity contribution in [3.63, 3.8) is 0 Å². The molecule has 4 rings (SSSR count). The molecule has 0 atom stereocenters. The lowest BCUT2D eigenvalue weighted by atomic mass is 9.88. The predicted octanol–water partition coefficient (Wildman–Crippen LogP) is 6.56. The lowest BCUT2D eigenvalue weighted by molar-refractivity contribution is 0.445. The first-order chi connectivity index (χ1) is 13.2. The molecule has 0 aliphatic heterocycles. The molecule has 0 saturated heterocycles. The Balaban J connectivity index is 1.96. The van der Waals surface area contributed by atoms with Gasteiger partial charge in [0.2, 0.25) is 0 Å². The van der Waals surface area contributed by atoms with Gasteiger partial charge in [0.15, 0.2) is 17.5 Å². The van der Waals surface area contributed by atoms with Crippen LogP contribution in [0.2, 0.25) is 0 Å². The Bertz CT molecular complexity index is 1030. The Morgan fingerprint density at radius 3 is 1.81 bits per heavy atom. The quantitative estimate of drug-likeness (QED) is 0.464. The van der Waals surface area contributed by atoms with Crippen molar-refractivity contribution in [3.05, 3.63) is 131 Å². The minimum absolute atomic E-state index is 0.0401. The van der Waals surface area contributed by atoms with Gasteiger partial charge in [-0.25, -0.2) is 13.2 Å². The van der Waals surface area contributed by atoms with Gasteiger partial charge >= 0.3 is 0 Å². The second-order valence-corrected chi connectivity index (χ2v) is 6.18. The maximum Gasteiger partial charge on any atom is 0.195 e. The Kier molecular flexibility index (Phi) is 4.51. The molecular weight excluding hydrogens is 345 g/mol. The van der Waals surface area contributed by atoms with Crippen LogP contribution in [0.15, 0.2) is 96.6 Å². The first-order valence-electron chi connectivity index (χ1n) is 8.54. The van der Waals surface area contributed by atoms with Gasteiger partial charge in [0.25, 0.3) is 0 Å². The molecule has 0 aromatic heterocycles.